The Hall–Kier alpha value is -3.52. The summed E-state index contributed by atoms with van der Waals surface area (Å²) in [6.45, 7) is 0. The van der Waals surface area contributed by atoms with Gasteiger partial charge in [-0.15, -0.1) is 0 Å². The zero-order valence-corrected chi connectivity index (χ0v) is 15.7. The number of anilines is 1. The zero-order chi connectivity index (χ0) is 20.1. The van der Waals surface area contributed by atoms with Crippen LogP contribution in [0.5, 0.6) is 28.9 Å². The third-order valence-electron chi connectivity index (χ3n) is 3.65. The molecular weight excluding hydrogens is 386 g/mol. The molecule has 0 saturated carbocycles. The van der Waals surface area contributed by atoms with Gasteiger partial charge >= 0.3 is 0 Å². The highest BCUT2D eigenvalue weighted by Crippen LogP contribution is 2.32. The Morgan fingerprint density at radius 1 is 1.00 bits per heavy atom. The summed E-state index contributed by atoms with van der Waals surface area (Å²) in [6.07, 6.45) is 1.21. The van der Waals surface area contributed by atoms with Crippen molar-refractivity contribution in [2.45, 2.75) is 0 Å². The molecule has 0 aliphatic rings. The summed E-state index contributed by atoms with van der Waals surface area (Å²) in [5.74, 6) is 1.12. The molecule has 8 nitrogen and oxygen atoms in total. The molecule has 0 bridgehead atoms. The number of phenolic OH excluding ortho intramolecular Hbond substituents is 1. The fourth-order valence-corrected chi connectivity index (χ4v) is 2.44. The van der Waals surface area contributed by atoms with Crippen LogP contribution < -0.4 is 19.5 Å². The van der Waals surface area contributed by atoms with Crippen molar-refractivity contribution in [2.24, 2.45) is 0 Å². The maximum atomic E-state index is 12.6. The molecule has 0 aliphatic carbocycles. The van der Waals surface area contributed by atoms with Crippen LogP contribution in [-0.4, -0.2) is 35.2 Å². The standard InChI is InChI=1S/C19H16ClN3O5/c1-26-14-7-11(8-15(9-14)27-2)18(25)23-17-16(20)19(22-10-21-17)28-13-5-3-12(24)4-6-13/h3-10,24H,1-2H3,(H,21,22,23,25). The van der Waals surface area contributed by atoms with Gasteiger partial charge in [0.1, 0.15) is 34.3 Å². The first-order valence-corrected chi connectivity index (χ1v) is 8.39. The fourth-order valence-electron chi connectivity index (χ4n) is 2.26. The van der Waals surface area contributed by atoms with Crippen molar-refractivity contribution < 1.29 is 24.1 Å². The highest BCUT2D eigenvalue weighted by Gasteiger charge is 2.16. The first-order valence-electron chi connectivity index (χ1n) is 8.02. The van der Waals surface area contributed by atoms with E-state index in [1.807, 2.05) is 0 Å². The SMILES string of the molecule is COc1cc(OC)cc(C(=O)Nc2ncnc(Oc3ccc(O)cc3)c2Cl)c1. The third kappa shape index (κ3) is 4.41. The van der Waals surface area contributed by atoms with Crippen molar-refractivity contribution in [3.05, 3.63) is 59.4 Å². The second-order valence-electron chi connectivity index (χ2n) is 5.49. The molecule has 1 amide bonds. The van der Waals surface area contributed by atoms with Crippen molar-refractivity contribution >= 4 is 23.3 Å². The summed E-state index contributed by atoms with van der Waals surface area (Å²) < 4.78 is 15.9. The number of halogens is 1. The largest absolute Gasteiger partial charge is 0.508 e. The predicted octanol–water partition coefficient (Wildman–Crippen LogP) is 3.90. The fraction of sp³-hybridized carbons (Fsp3) is 0.105. The lowest BCUT2D eigenvalue weighted by Gasteiger charge is -2.11. The van der Waals surface area contributed by atoms with Gasteiger partial charge in [-0.05, 0) is 36.4 Å². The van der Waals surface area contributed by atoms with E-state index in [-0.39, 0.29) is 22.5 Å². The van der Waals surface area contributed by atoms with Crippen LogP contribution in [0.2, 0.25) is 5.02 Å². The van der Waals surface area contributed by atoms with E-state index in [9.17, 15) is 9.90 Å². The van der Waals surface area contributed by atoms with Crippen LogP contribution in [0.15, 0.2) is 48.8 Å². The molecule has 0 fully saturated rings. The number of hydrogen-bond donors (Lipinski definition) is 2. The van der Waals surface area contributed by atoms with Crippen LogP contribution >= 0.6 is 11.6 Å². The highest BCUT2D eigenvalue weighted by molar-refractivity contribution is 6.34. The van der Waals surface area contributed by atoms with E-state index < -0.39 is 5.91 Å². The minimum atomic E-state index is -0.464. The number of methoxy groups -OCH3 is 2. The van der Waals surface area contributed by atoms with Crippen LogP contribution in [-0.2, 0) is 0 Å². The molecule has 0 spiro atoms. The normalized spacial score (nSPS) is 10.2. The van der Waals surface area contributed by atoms with E-state index in [1.54, 1.807) is 30.3 Å². The molecule has 9 heteroatoms. The van der Waals surface area contributed by atoms with E-state index in [1.165, 1.54) is 32.7 Å². The average Bonchev–Trinajstić information content (AvgIpc) is 2.72. The molecular formula is C19H16ClN3O5. The number of phenols is 1. The number of rotatable bonds is 6. The summed E-state index contributed by atoms with van der Waals surface area (Å²) >= 11 is 6.28. The van der Waals surface area contributed by atoms with Gasteiger partial charge in [-0.3, -0.25) is 4.79 Å². The van der Waals surface area contributed by atoms with E-state index in [0.29, 0.717) is 22.8 Å². The number of benzene rings is 2. The molecule has 144 valence electrons. The number of aromatic nitrogens is 2. The van der Waals surface area contributed by atoms with Crippen LogP contribution in [0.1, 0.15) is 10.4 Å². The molecule has 0 aliphatic heterocycles. The monoisotopic (exact) mass is 401 g/mol. The number of nitrogens with zero attached hydrogens (tertiary/aromatic N) is 2. The Balaban J connectivity index is 1.83. The lowest BCUT2D eigenvalue weighted by molar-refractivity contribution is 0.102. The van der Waals surface area contributed by atoms with E-state index in [2.05, 4.69) is 15.3 Å². The molecule has 3 rings (SSSR count). The molecule has 3 aromatic rings. The Morgan fingerprint density at radius 2 is 1.64 bits per heavy atom. The van der Waals surface area contributed by atoms with Crippen LogP contribution in [0, 0.1) is 0 Å². The summed E-state index contributed by atoms with van der Waals surface area (Å²) in [5.41, 5.74) is 0.298. The smallest absolute Gasteiger partial charge is 0.257 e. The van der Waals surface area contributed by atoms with Gasteiger partial charge in [0.2, 0.25) is 5.88 Å². The zero-order valence-electron chi connectivity index (χ0n) is 15.0. The molecule has 1 heterocycles. The van der Waals surface area contributed by atoms with Crippen molar-refractivity contribution in [3.63, 3.8) is 0 Å². The van der Waals surface area contributed by atoms with Crippen molar-refractivity contribution in [3.8, 4) is 28.9 Å². The number of hydrogen-bond acceptors (Lipinski definition) is 7. The highest BCUT2D eigenvalue weighted by atomic mass is 35.5. The average molecular weight is 402 g/mol. The second kappa shape index (κ2) is 8.45. The van der Waals surface area contributed by atoms with Gasteiger partial charge in [0.25, 0.3) is 5.91 Å². The first kappa shape index (κ1) is 19.2. The van der Waals surface area contributed by atoms with E-state index in [4.69, 9.17) is 25.8 Å². The van der Waals surface area contributed by atoms with Gasteiger partial charge in [-0.1, -0.05) is 11.6 Å². The van der Waals surface area contributed by atoms with Crippen molar-refractivity contribution in [2.75, 3.05) is 19.5 Å². The number of aromatic hydroxyl groups is 1. The van der Waals surface area contributed by atoms with Gasteiger partial charge < -0.3 is 24.6 Å². The number of amides is 1. The van der Waals surface area contributed by atoms with Crippen LogP contribution in [0.4, 0.5) is 5.82 Å². The number of carbonyl (C=O) groups excluding carboxylic acids is 1. The molecule has 1 aromatic heterocycles. The first-order chi connectivity index (χ1) is 13.5. The summed E-state index contributed by atoms with van der Waals surface area (Å²) in [7, 11) is 2.98. The van der Waals surface area contributed by atoms with Crippen molar-refractivity contribution in [1.82, 2.24) is 9.97 Å². The minimum Gasteiger partial charge on any atom is -0.508 e. The second-order valence-corrected chi connectivity index (χ2v) is 5.87. The molecule has 2 aromatic carbocycles. The Morgan fingerprint density at radius 3 is 2.25 bits per heavy atom. The maximum Gasteiger partial charge on any atom is 0.257 e. The van der Waals surface area contributed by atoms with Gasteiger partial charge in [0, 0.05) is 11.6 Å². The summed E-state index contributed by atoms with van der Waals surface area (Å²) in [5, 5.41) is 12.0. The topological polar surface area (TPSA) is 103 Å². The molecule has 0 unspecified atom stereocenters. The Labute approximate surface area is 165 Å². The Kier molecular flexibility index (Phi) is 5.81. The third-order valence-corrected chi connectivity index (χ3v) is 3.99. The number of ether oxygens (including phenoxy) is 3. The predicted molar refractivity (Wildman–Crippen MR) is 103 cm³/mol. The molecule has 28 heavy (non-hydrogen) atoms. The van der Waals surface area contributed by atoms with E-state index >= 15 is 0 Å². The lowest BCUT2D eigenvalue weighted by Crippen LogP contribution is -2.14. The van der Waals surface area contributed by atoms with Gasteiger partial charge in [-0.2, -0.15) is 4.98 Å². The maximum absolute atomic E-state index is 12.6. The minimum absolute atomic E-state index is 0.0267. The number of nitrogens with one attached hydrogen (secondary N) is 1. The van der Waals surface area contributed by atoms with E-state index in [0.717, 1.165) is 0 Å². The number of carbonyl (C=O) groups is 1. The molecule has 0 radical (unpaired) electrons. The van der Waals surface area contributed by atoms with Gasteiger partial charge in [-0.25, -0.2) is 4.98 Å². The van der Waals surface area contributed by atoms with Crippen LogP contribution in [0.25, 0.3) is 0 Å². The van der Waals surface area contributed by atoms with Crippen LogP contribution in [0.3, 0.4) is 0 Å². The molecule has 0 saturated heterocycles. The van der Waals surface area contributed by atoms with Crippen molar-refractivity contribution in [1.29, 1.82) is 0 Å². The van der Waals surface area contributed by atoms with Gasteiger partial charge in [0.15, 0.2) is 5.82 Å². The van der Waals surface area contributed by atoms with Gasteiger partial charge in [0.05, 0.1) is 14.2 Å². The lowest BCUT2D eigenvalue weighted by atomic mass is 10.2. The molecule has 2 N–H and O–H groups in total. The summed E-state index contributed by atoms with van der Waals surface area (Å²) in [6, 6.07) is 10.8. The quantitative estimate of drug-likeness (QED) is 0.645. The summed E-state index contributed by atoms with van der Waals surface area (Å²) in [4.78, 5) is 20.6. The molecule has 0 atom stereocenters. The Bertz CT molecular complexity index is 973.